The van der Waals surface area contributed by atoms with Gasteiger partial charge in [-0.25, -0.2) is 24.9 Å². The van der Waals surface area contributed by atoms with Gasteiger partial charge < -0.3 is 0 Å². The van der Waals surface area contributed by atoms with Crippen LogP contribution >= 0.6 is 11.3 Å². The molecule has 0 fully saturated rings. The van der Waals surface area contributed by atoms with E-state index in [1.54, 1.807) is 11.3 Å². The summed E-state index contributed by atoms with van der Waals surface area (Å²) in [6.07, 6.45) is 0. The summed E-state index contributed by atoms with van der Waals surface area (Å²) in [5, 5.41) is 1.14. The summed E-state index contributed by atoms with van der Waals surface area (Å²) in [5.41, 5.74) is 14.9. The van der Waals surface area contributed by atoms with Crippen molar-refractivity contribution in [1.82, 2.24) is 24.9 Å². The lowest BCUT2D eigenvalue weighted by molar-refractivity contribution is 1.07. The zero-order valence-electron chi connectivity index (χ0n) is 31.7. The Kier molecular flexibility index (Phi) is 8.60. The van der Waals surface area contributed by atoms with Gasteiger partial charge in [0.2, 0.25) is 0 Å². The highest BCUT2D eigenvalue weighted by molar-refractivity contribution is 7.26. The normalized spacial score (nSPS) is 11.4. The zero-order chi connectivity index (χ0) is 39.1. The number of aromatic nitrogens is 5. The molecule has 0 aliphatic carbocycles. The van der Waals surface area contributed by atoms with Crippen LogP contribution in [0.25, 0.3) is 110 Å². The van der Waals surface area contributed by atoms with Crippen LogP contribution in [0.5, 0.6) is 0 Å². The van der Waals surface area contributed by atoms with E-state index in [0.29, 0.717) is 17.5 Å². The number of thiophene rings is 1. The van der Waals surface area contributed by atoms with E-state index in [9.17, 15) is 0 Å². The molecule has 8 aromatic carbocycles. The smallest absolute Gasteiger partial charge is 0.164 e. The molecule has 0 atom stereocenters. The summed E-state index contributed by atoms with van der Waals surface area (Å²) in [6.45, 7) is 0. The standard InChI is InChI=1S/C53H33N5S/c1-3-11-34(12-4-1)35-25-29-40(30-26-35)51-56-50(39-13-5-2-6-14-39)57-52(58-51)41-31-27-37(28-32-41)36-21-23-38(24-22-36)42-15-9-16-43(33-42)44-17-10-18-45-48-53(59-49(44)45)55-47-20-8-7-19-46(47)54-48/h1-33H. The van der Waals surface area contributed by atoms with Gasteiger partial charge in [-0.15, -0.1) is 11.3 Å². The minimum Gasteiger partial charge on any atom is -0.243 e. The van der Waals surface area contributed by atoms with Gasteiger partial charge in [-0.1, -0.05) is 182 Å². The molecule has 5 nitrogen and oxygen atoms in total. The molecule has 11 rings (SSSR count). The lowest BCUT2D eigenvalue weighted by Gasteiger charge is -2.10. The molecule has 0 saturated heterocycles. The average molecular weight is 772 g/mol. The first-order chi connectivity index (χ1) is 29.2. The van der Waals surface area contributed by atoms with Gasteiger partial charge >= 0.3 is 0 Å². The topological polar surface area (TPSA) is 64.5 Å². The van der Waals surface area contributed by atoms with E-state index in [2.05, 4.69) is 140 Å². The largest absolute Gasteiger partial charge is 0.243 e. The van der Waals surface area contributed by atoms with E-state index >= 15 is 0 Å². The molecular weight excluding hydrogens is 739 g/mol. The van der Waals surface area contributed by atoms with Gasteiger partial charge in [-0.2, -0.15) is 0 Å². The van der Waals surface area contributed by atoms with E-state index in [0.717, 1.165) is 65.7 Å². The van der Waals surface area contributed by atoms with Crippen molar-refractivity contribution >= 4 is 42.8 Å². The van der Waals surface area contributed by atoms with Crippen LogP contribution in [0, 0.1) is 0 Å². The highest BCUT2D eigenvalue weighted by Gasteiger charge is 2.16. The SMILES string of the molecule is c1ccc(-c2ccc(-c3nc(-c4ccccc4)nc(-c4ccc(-c5ccc(-c6cccc(-c7cccc8c7sc7nc9ccccc9nc78)c6)cc5)cc4)n3)cc2)cc1. The van der Waals surface area contributed by atoms with Crippen molar-refractivity contribution in [3.05, 3.63) is 200 Å². The Balaban J connectivity index is 0.878. The lowest BCUT2D eigenvalue weighted by Crippen LogP contribution is -2.00. The fraction of sp³-hybridized carbons (Fsp3) is 0. The van der Waals surface area contributed by atoms with Crippen molar-refractivity contribution in [2.45, 2.75) is 0 Å². The fourth-order valence-corrected chi connectivity index (χ4v) is 8.87. The fourth-order valence-electron chi connectivity index (χ4n) is 7.71. The maximum atomic E-state index is 5.00. The second-order valence-electron chi connectivity index (χ2n) is 14.5. The predicted molar refractivity (Wildman–Crippen MR) is 244 cm³/mol. The molecule has 0 aliphatic heterocycles. The summed E-state index contributed by atoms with van der Waals surface area (Å²) in [6, 6.07) is 69.5. The third-order valence-corrected chi connectivity index (χ3v) is 11.9. The highest BCUT2D eigenvalue weighted by Crippen LogP contribution is 2.40. The number of nitrogens with zero attached hydrogens (tertiary/aromatic N) is 5. The van der Waals surface area contributed by atoms with Crippen LogP contribution in [0.4, 0.5) is 0 Å². The van der Waals surface area contributed by atoms with Crippen molar-refractivity contribution in [2.75, 3.05) is 0 Å². The highest BCUT2D eigenvalue weighted by atomic mass is 32.1. The summed E-state index contributed by atoms with van der Waals surface area (Å²) < 4.78 is 1.20. The maximum absolute atomic E-state index is 5.00. The summed E-state index contributed by atoms with van der Waals surface area (Å²) in [5.74, 6) is 1.92. The molecule has 276 valence electrons. The van der Waals surface area contributed by atoms with Crippen LogP contribution in [0.1, 0.15) is 0 Å². The van der Waals surface area contributed by atoms with Crippen LogP contribution < -0.4 is 0 Å². The van der Waals surface area contributed by atoms with Crippen molar-refractivity contribution in [2.24, 2.45) is 0 Å². The van der Waals surface area contributed by atoms with E-state index in [4.69, 9.17) is 24.9 Å². The van der Waals surface area contributed by atoms with Crippen LogP contribution in [-0.2, 0) is 0 Å². The van der Waals surface area contributed by atoms with E-state index < -0.39 is 0 Å². The number of para-hydroxylation sites is 2. The minimum absolute atomic E-state index is 0.634. The van der Waals surface area contributed by atoms with Crippen molar-refractivity contribution in [3.63, 3.8) is 0 Å². The van der Waals surface area contributed by atoms with Gasteiger partial charge in [0.25, 0.3) is 0 Å². The summed E-state index contributed by atoms with van der Waals surface area (Å²) in [4.78, 5) is 25.8. The molecule has 0 amide bonds. The number of fused-ring (bicyclic) bond motifs is 4. The Morgan fingerprint density at radius 1 is 0.288 bits per heavy atom. The van der Waals surface area contributed by atoms with Crippen LogP contribution in [0.3, 0.4) is 0 Å². The van der Waals surface area contributed by atoms with Gasteiger partial charge in [0.05, 0.1) is 11.0 Å². The molecule has 0 aliphatic rings. The Labute approximate surface area is 345 Å². The molecule has 11 aromatic rings. The Bertz CT molecular complexity index is 3290. The molecule has 6 heteroatoms. The first-order valence-corrected chi connectivity index (χ1v) is 20.4. The first-order valence-electron chi connectivity index (χ1n) is 19.6. The number of hydrogen-bond acceptors (Lipinski definition) is 6. The molecule has 3 aromatic heterocycles. The molecule has 0 radical (unpaired) electrons. The Hall–Kier alpha value is -7.67. The summed E-state index contributed by atoms with van der Waals surface area (Å²) in [7, 11) is 0. The molecule has 0 bridgehead atoms. The van der Waals surface area contributed by atoms with E-state index in [-0.39, 0.29) is 0 Å². The minimum atomic E-state index is 0.634. The van der Waals surface area contributed by atoms with E-state index in [1.807, 2.05) is 60.7 Å². The van der Waals surface area contributed by atoms with Gasteiger partial charge in [-0.05, 0) is 62.7 Å². The molecule has 0 saturated carbocycles. The molecule has 0 unspecified atom stereocenters. The average Bonchev–Trinajstić information content (AvgIpc) is 3.69. The van der Waals surface area contributed by atoms with Crippen LogP contribution in [0.2, 0.25) is 0 Å². The summed E-state index contributed by atoms with van der Waals surface area (Å²) >= 11 is 1.71. The molecule has 0 N–H and O–H groups in total. The molecular formula is C53H33N5S. The van der Waals surface area contributed by atoms with Gasteiger partial charge in [0.15, 0.2) is 17.5 Å². The van der Waals surface area contributed by atoms with Crippen molar-refractivity contribution in [1.29, 1.82) is 0 Å². The third-order valence-electron chi connectivity index (χ3n) is 10.8. The zero-order valence-corrected chi connectivity index (χ0v) is 32.5. The van der Waals surface area contributed by atoms with Gasteiger partial charge in [0.1, 0.15) is 10.3 Å². The second-order valence-corrected chi connectivity index (χ2v) is 15.5. The van der Waals surface area contributed by atoms with Crippen LogP contribution in [-0.4, -0.2) is 24.9 Å². The molecule has 3 heterocycles. The van der Waals surface area contributed by atoms with Gasteiger partial charge in [-0.3, -0.25) is 0 Å². The third kappa shape index (κ3) is 6.61. The Morgan fingerprint density at radius 3 is 1.27 bits per heavy atom. The Morgan fingerprint density at radius 2 is 0.695 bits per heavy atom. The second kappa shape index (κ2) is 14.7. The first kappa shape index (κ1) is 34.6. The van der Waals surface area contributed by atoms with Gasteiger partial charge in [0, 0.05) is 26.8 Å². The predicted octanol–water partition coefficient (Wildman–Crippen LogP) is 13.9. The molecule has 59 heavy (non-hydrogen) atoms. The number of hydrogen-bond donors (Lipinski definition) is 0. The maximum Gasteiger partial charge on any atom is 0.164 e. The lowest BCUT2D eigenvalue weighted by atomic mass is 9.96. The quantitative estimate of drug-likeness (QED) is 0.161. The number of benzene rings is 8. The number of rotatable bonds is 7. The van der Waals surface area contributed by atoms with Crippen molar-refractivity contribution < 1.29 is 0 Å². The van der Waals surface area contributed by atoms with E-state index in [1.165, 1.54) is 27.0 Å². The van der Waals surface area contributed by atoms with Crippen molar-refractivity contribution in [3.8, 4) is 78.7 Å². The molecule has 0 spiro atoms. The monoisotopic (exact) mass is 771 g/mol. The van der Waals surface area contributed by atoms with Crippen LogP contribution in [0.15, 0.2) is 200 Å².